The molecule has 0 saturated carbocycles. The van der Waals surface area contributed by atoms with Crippen molar-refractivity contribution in [1.82, 2.24) is 0 Å². The maximum Gasteiger partial charge on any atom is 0.137 e. The van der Waals surface area contributed by atoms with E-state index >= 15 is 0 Å². The molecule has 0 aliphatic heterocycles. The van der Waals surface area contributed by atoms with Gasteiger partial charge in [-0.1, -0.05) is 81.8 Å². The molecule has 0 saturated heterocycles. The minimum atomic E-state index is 0.139. The molecule has 2 nitrogen and oxygen atoms in total. The topological polar surface area (TPSA) is 26.3 Å². The Morgan fingerprint density at radius 3 is 2.40 bits per heavy atom. The van der Waals surface area contributed by atoms with Gasteiger partial charge in [-0.3, -0.25) is 4.79 Å². The van der Waals surface area contributed by atoms with Gasteiger partial charge in [0.1, 0.15) is 11.5 Å². The number of benzene rings is 2. The van der Waals surface area contributed by atoms with Crippen LogP contribution in [0.4, 0.5) is 0 Å². The Morgan fingerprint density at radius 2 is 1.77 bits per heavy atom. The molecule has 30 heavy (non-hydrogen) atoms. The normalized spacial score (nSPS) is 16.2. The molecule has 0 spiro atoms. The summed E-state index contributed by atoms with van der Waals surface area (Å²) >= 11 is 0. The number of Topliss-reactive ketones (excluding diaryl/α,β-unsaturated/α-hetero) is 1. The second-order valence-corrected chi connectivity index (χ2v) is 9.22. The molecule has 3 rings (SSSR count). The van der Waals surface area contributed by atoms with E-state index in [-0.39, 0.29) is 5.41 Å². The molecule has 1 aliphatic carbocycles. The SMILES string of the molecule is CCC1C(CCC(=O)Cc2ccc(C(C)(C)C)cc2)=CC=C1c1cccc(OC)c1. The Morgan fingerprint density at radius 1 is 1.03 bits per heavy atom. The maximum atomic E-state index is 12.6. The van der Waals surface area contributed by atoms with E-state index in [4.69, 9.17) is 4.74 Å². The monoisotopic (exact) mass is 402 g/mol. The molecular weight excluding hydrogens is 368 g/mol. The molecule has 1 atom stereocenters. The molecule has 2 aromatic carbocycles. The fourth-order valence-electron chi connectivity index (χ4n) is 4.19. The van der Waals surface area contributed by atoms with E-state index in [0.717, 1.165) is 24.2 Å². The quantitative estimate of drug-likeness (QED) is 0.478. The van der Waals surface area contributed by atoms with Crippen LogP contribution in [0.3, 0.4) is 0 Å². The molecule has 0 radical (unpaired) electrons. The van der Waals surface area contributed by atoms with Crippen LogP contribution in [0.2, 0.25) is 0 Å². The van der Waals surface area contributed by atoms with Gasteiger partial charge in [-0.05, 0) is 52.7 Å². The fraction of sp³-hybridized carbons (Fsp3) is 0.393. The molecule has 0 bridgehead atoms. The van der Waals surface area contributed by atoms with Gasteiger partial charge < -0.3 is 4.74 Å². The standard InChI is InChI=1S/C28H34O2/c1-6-26-21(13-17-27(26)22-8-7-9-25(19-22)30-5)12-16-24(29)18-20-10-14-23(15-11-20)28(2,3)4/h7-11,13-15,17,19,26H,6,12,16,18H2,1-5H3. The third-order valence-electron chi connectivity index (χ3n) is 6.03. The number of carbonyl (C=O) groups excluding carboxylic acids is 1. The third kappa shape index (κ3) is 5.30. The molecule has 1 unspecified atom stereocenters. The van der Waals surface area contributed by atoms with Crippen LogP contribution in [0, 0.1) is 5.92 Å². The highest BCUT2D eigenvalue weighted by Crippen LogP contribution is 2.39. The van der Waals surface area contributed by atoms with E-state index in [1.54, 1.807) is 7.11 Å². The van der Waals surface area contributed by atoms with Gasteiger partial charge >= 0.3 is 0 Å². The average molecular weight is 403 g/mol. The summed E-state index contributed by atoms with van der Waals surface area (Å²) in [6, 6.07) is 16.8. The van der Waals surface area contributed by atoms with Crippen molar-refractivity contribution in [2.45, 2.75) is 58.8 Å². The van der Waals surface area contributed by atoms with Crippen molar-refractivity contribution in [3.05, 3.63) is 82.9 Å². The van der Waals surface area contributed by atoms with Crippen LogP contribution in [0.25, 0.3) is 5.57 Å². The zero-order valence-corrected chi connectivity index (χ0v) is 19.0. The lowest BCUT2D eigenvalue weighted by Crippen LogP contribution is -2.11. The van der Waals surface area contributed by atoms with Crippen LogP contribution < -0.4 is 4.74 Å². The number of methoxy groups -OCH3 is 1. The largest absolute Gasteiger partial charge is 0.497 e. The number of allylic oxidation sites excluding steroid dienone is 4. The summed E-state index contributed by atoms with van der Waals surface area (Å²) in [4.78, 5) is 12.6. The fourth-order valence-corrected chi connectivity index (χ4v) is 4.19. The predicted molar refractivity (Wildman–Crippen MR) is 126 cm³/mol. The van der Waals surface area contributed by atoms with Gasteiger partial charge in [-0.2, -0.15) is 0 Å². The summed E-state index contributed by atoms with van der Waals surface area (Å²) in [6.07, 6.45) is 7.42. The first kappa shape index (κ1) is 22.1. The van der Waals surface area contributed by atoms with E-state index in [9.17, 15) is 4.79 Å². The summed E-state index contributed by atoms with van der Waals surface area (Å²) in [5.74, 6) is 1.57. The Labute approximate surface area is 181 Å². The summed E-state index contributed by atoms with van der Waals surface area (Å²) in [6.45, 7) is 8.85. The highest BCUT2D eigenvalue weighted by Gasteiger charge is 2.23. The van der Waals surface area contributed by atoms with Gasteiger partial charge in [0.25, 0.3) is 0 Å². The third-order valence-corrected chi connectivity index (χ3v) is 6.03. The molecule has 0 fully saturated rings. The molecule has 2 aromatic rings. The highest BCUT2D eigenvalue weighted by molar-refractivity contribution is 5.82. The molecule has 0 amide bonds. The highest BCUT2D eigenvalue weighted by atomic mass is 16.5. The van der Waals surface area contributed by atoms with E-state index in [1.807, 2.05) is 12.1 Å². The van der Waals surface area contributed by atoms with Crippen LogP contribution in [0.15, 0.2) is 66.3 Å². The number of ether oxygens (including phenoxy) is 1. The molecule has 0 N–H and O–H groups in total. The lowest BCUT2D eigenvalue weighted by atomic mass is 9.85. The second-order valence-electron chi connectivity index (χ2n) is 9.22. The van der Waals surface area contributed by atoms with Gasteiger partial charge in [0.15, 0.2) is 0 Å². The van der Waals surface area contributed by atoms with Gasteiger partial charge in [0.05, 0.1) is 7.11 Å². The summed E-state index contributed by atoms with van der Waals surface area (Å²) in [5.41, 5.74) is 6.45. The van der Waals surface area contributed by atoms with E-state index in [2.05, 4.69) is 76.2 Å². The van der Waals surface area contributed by atoms with Crippen molar-refractivity contribution in [1.29, 1.82) is 0 Å². The van der Waals surface area contributed by atoms with Gasteiger partial charge in [-0.25, -0.2) is 0 Å². The number of hydrogen-bond donors (Lipinski definition) is 0. The number of rotatable bonds is 8. The van der Waals surface area contributed by atoms with Crippen molar-refractivity contribution >= 4 is 11.4 Å². The van der Waals surface area contributed by atoms with E-state index < -0.39 is 0 Å². The van der Waals surface area contributed by atoms with Crippen molar-refractivity contribution in [3.63, 3.8) is 0 Å². The molecule has 0 aromatic heterocycles. The summed E-state index contributed by atoms with van der Waals surface area (Å²) < 4.78 is 5.38. The molecule has 0 heterocycles. The first-order valence-electron chi connectivity index (χ1n) is 11.0. The Kier molecular flexibility index (Phi) is 6.97. The Hall–Kier alpha value is -2.61. The predicted octanol–water partition coefficient (Wildman–Crippen LogP) is 6.93. The maximum absolute atomic E-state index is 12.6. The van der Waals surface area contributed by atoms with Crippen LogP contribution in [-0.4, -0.2) is 12.9 Å². The van der Waals surface area contributed by atoms with Crippen molar-refractivity contribution in [2.24, 2.45) is 5.92 Å². The van der Waals surface area contributed by atoms with E-state index in [1.165, 1.54) is 22.3 Å². The van der Waals surface area contributed by atoms with Gasteiger partial charge in [-0.15, -0.1) is 0 Å². The van der Waals surface area contributed by atoms with Crippen LogP contribution >= 0.6 is 0 Å². The van der Waals surface area contributed by atoms with Crippen molar-refractivity contribution < 1.29 is 9.53 Å². The lowest BCUT2D eigenvalue weighted by Gasteiger charge is -2.19. The van der Waals surface area contributed by atoms with Crippen LogP contribution in [0.5, 0.6) is 5.75 Å². The molecular formula is C28H34O2. The number of carbonyl (C=O) groups is 1. The molecule has 2 heteroatoms. The second kappa shape index (κ2) is 9.47. The number of hydrogen-bond acceptors (Lipinski definition) is 2. The van der Waals surface area contributed by atoms with Crippen LogP contribution in [-0.2, 0) is 16.6 Å². The van der Waals surface area contributed by atoms with Crippen molar-refractivity contribution in [3.8, 4) is 5.75 Å². The number of ketones is 1. The Balaban J connectivity index is 1.57. The first-order chi connectivity index (χ1) is 14.3. The average Bonchev–Trinajstić information content (AvgIpc) is 3.15. The lowest BCUT2D eigenvalue weighted by molar-refractivity contribution is -0.118. The summed E-state index contributed by atoms with van der Waals surface area (Å²) in [7, 11) is 1.70. The molecule has 158 valence electrons. The summed E-state index contributed by atoms with van der Waals surface area (Å²) in [5, 5.41) is 0. The minimum Gasteiger partial charge on any atom is -0.497 e. The van der Waals surface area contributed by atoms with Crippen LogP contribution in [0.1, 0.15) is 63.6 Å². The Bertz CT molecular complexity index is 939. The van der Waals surface area contributed by atoms with E-state index in [0.29, 0.717) is 24.5 Å². The van der Waals surface area contributed by atoms with Crippen molar-refractivity contribution in [2.75, 3.05) is 7.11 Å². The smallest absolute Gasteiger partial charge is 0.137 e. The minimum absolute atomic E-state index is 0.139. The zero-order chi connectivity index (χ0) is 21.7. The van der Waals surface area contributed by atoms with Gasteiger partial charge in [0.2, 0.25) is 0 Å². The molecule has 1 aliphatic rings. The first-order valence-corrected chi connectivity index (χ1v) is 11.0. The van der Waals surface area contributed by atoms with Gasteiger partial charge in [0, 0.05) is 18.8 Å². The zero-order valence-electron chi connectivity index (χ0n) is 19.0.